The number of methoxy groups -OCH3 is 1. The van der Waals surface area contributed by atoms with Crippen LogP contribution >= 0.6 is 0 Å². The monoisotopic (exact) mass is 359 g/mol. The van der Waals surface area contributed by atoms with Crippen molar-refractivity contribution in [2.45, 2.75) is 52.6 Å². The molecule has 0 radical (unpaired) electrons. The Morgan fingerprint density at radius 3 is 2.69 bits per heavy atom. The normalized spacial score (nSPS) is 17.2. The number of allylic oxidation sites excluding steroid dienone is 2. The van der Waals surface area contributed by atoms with Crippen molar-refractivity contribution in [3.63, 3.8) is 0 Å². The molecule has 0 amide bonds. The van der Waals surface area contributed by atoms with E-state index in [1.807, 2.05) is 6.92 Å². The summed E-state index contributed by atoms with van der Waals surface area (Å²) >= 11 is 0. The van der Waals surface area contributed by atoms with Gasteiger partial charge in [-0.25, -0.2) is 4.79 Å². The number of fused-ring (bicyclic) bond motifs is 1. The third kappa shape index (κ3) is 3.28. The molecule has 1 heterocycles. The first-order chi connectivity index (χ1) is 12.4. The van der Waals surface area contributed by atoms with Crippen molar-refractivity contribution in [2.75, 3.05) is 12.8 Å². The Labute approximate surface area is 153 Å². The zero-order valence-electron chi connectivity index (χ0n) is 15.5. The first-order valence-electron chi connectivity index (χ1n) is 8.97. The van der Waals surface area contributed by atoms with Gasteiger partial charge < -0.3 is 19.9 Å². The number of hydrogen-bond donors (Lipinski definition) is 1. The molecule has 6 heteroatoms. The minimum Gasteiger partial charge on any atom is -0.496 e. The van der Waals surface area contributed by atoms with Gasteiger partial charge in [0, 0.05) is 11.1 Å². The van der Waals surface area contributed by atoms with Gasteiger partial charge in [0.05, 0.1) is 24.3 Å². The van der Waals surface area contributed by atoms with Crippen LogP contribution in [0.5, 0.6) is 5.75 Å². The number of carbonyl (C=O) groups excluding carboxylic acids is 2. The highest BCUT2D eigenvalue weighted by Crippen LogP contribution is 2.39. The van der Waals surface area contributed by atoms with E-state index in [1.54, 1.807) is 20.1 Å². The van der Waals surface area contributed by atoms with E-state index in [0.717, 1.165) is 36.8 Å². The number of esters is 2. The lowest BCUT2D eigenvalue weighted by atomic mass is 9.94. The van der Waals surface area contributed by atoms with Crippen LogP contribution in [0.1, 0.15) is 59.7 Å². The highest BCUT2D eigenvalue weighted by Gasteiger charge is 2.30. The minimum atomic E-state index is -0.405. The fourth-order valence-corrected chi connectivity index (χ4v) is 3.78. The zero-order valence-corrected chi connectivity index (χ0v) is 15.5. The summed E-state index contributed by atoms with van der Waals surface area (Å²) in [7, 11) is 1.58. The van der Waals surface area contributed by atoms with Crippen molar-refractivity contribution in [3.8, 4) is 5.75 Å². The SMILES string of the molecule is COc1c(C)c2c(c(N)c1CC=C(C)OC(=O)C1CCCC1)C(=O)OC2. The summed E-state index contributed by atoms with van der Waals surface area (Å²) in [5, 5.41) is 0. The smallest absolute Gasteiger partial charge is 0.341 e. The topological polar surface area (TPSA) is 87.9 Å². The molecular weight excluding hydrogens is 334 g/mol. The van der Waals surface area contributed by atoms with E-state index in [-0.39, 0.29) is 18.5 Å². The molecule has 1 aromatic rings. The van der Waals surface area contributed by atoms with Crippen molar-refractivity contribution in [2.24, 2.45) is 5.92 Å². The number of rotatable bonds is 5. The summed E-state index contributed by atoms with van der Waals surface area (Å²) in [6.45, 7) is 3.86. The number of nitrogens with two attached hydrogens (primary N) is 1. The lowest BCUT2D eigenvalue weighted by Crippen LogP contribution is -2.13. The average molecular weight is 359 g/mol. The molecule has 6 nitrogen and oxygen atoms in total. The Hall–Kier alpha value is -2.50. The zero-order chi connectivity index (χ0) is 18.8. The summed E-state index contributed by atoms with van der Waals surface area (Å²) in [6, 6.07) is 0. The molecule has 0 aromatic heterocycles. The molecule has 2 aliphatic rings. The van der Waals surface area contributed by atoms with Gasteiger partial charge in [0.15, 0.2) is 0 Å². The molecule has 0 spiro atoms. The lowest BCUT2D eigenvalue weighted by molar-refractivity contribution is -0.143. The highest BCUT2D eigenvalue weighted by molar-refractivity contribution is 6.00. The van der Waals surface area contributed by atoms with E-state index in [0.29, 0.717) is 34.7 Å². The Morgan fingerprint density at radius 1 is 1.35 bits per heavy atom. The molecule has 0 unspecified atom stereocenters. The largest absolute Gasteiger partial charge is 0.496 e. The number of benzene rings is 1. The van der Waals surface area contributed by atoms with Crippen molar-refractivity contribution < 1.29 is 23.8 Å². The van der Waals surface area contributed by atoms with Crippen molar-refractivity contribution in [1.82, 2.24) is 0 Å². The van der Waals surface area contributed by atoms with Crippen LogP contribution in [0.25, 0.3) is 0 Å². The van der Waals surface area contributed by atoms with Gasteiger partial charge in [-0.05, 0) is 44.7 Å². The molecule has 26 heavy (non-hydrogen) atoms. The van der Waals surface area contributed by atoms with Crippen molar-refractivity contribution in [1.29, 1.82) is 0 Å². The molecular formula is C20H25NO5. The molecule has 1 aliphatic heterocycles. The van der Waals surface area contributed by atoms with Gasteiger partial charge in [-0.15, -0.1) is 0 Å². The number of nitrogen functional groups attached to an aromatic ring is 1. The second-order valence-electron chi connectivity index (χ2n) is 6.90. The molecule has 1 aliphatic carbocycles. The predicted molar refractivity (Wildman–Crippen MR) is 96.8 cm³/mol. The molecule has 0 atom stereocenters. The van der Waals surface area contributed by atoms with Gasteiger partial charge in [0.2, 0.25) is 0 Å². The number of hydrogen-bond acceptors (Lipinski definition) is 6. The van der Waals surface area contributed by atoms with E-state index in [4.69, 9.17) is 19.9 Å². The van der Waals surface area contributed by atoms with Crippen LogP contribution in [-0.2, 0) is 27.3 Å². The predicted octanol–water partition coefficient (Wildman–Crippen LogP) is 3.44. The number of anilines is 1. The van der Waals surface area contributed by atoms with Crippen LogP contribution in [0.4, 0.5) is 5.69 Å². The standard InChI is InChI=1S/C20H25NO5/c1-11(26-19(22)13-6-4-5-7-13)8-9-14-17(21)16-15(10-25-20(16)23)12(2)18(14)24-3/h8,13H,4-7,9-10,21H2,1-3H3. The van der Waals surface area contributed by atoms with Crippen LogP contribution in [0.2, 0.25) is 0 Å². The van der Waals surface area contributed by atoms with Crippen LogP contribution in [-0.4, -0.2) is 19.0 Å². The van der Waals surface area contributed by atoms with Gasteiger partial charge in [-0.3, -0.25) is 4.79 Å². The van der Waals surface area contributed by atoms with E-state index < -0.39 is 5.97 Å². The minimum absolute atomic E-state index is 0.00923. The Bertz CT molecular complexity index is 775. The van der Waals surface area contributed by atoms with Crippen molar-refractivity contribution >= 4 is 17.6 Å². The third-order valence-corrected chi connectivity index (χ3v) is 5.26. The maximum Gasteiger partial charge on any atom is 0.341 e. The second kappa shape index (κ2) is 7.40. The second-order valence-corrected chi connectivity index (χ2v) is 6.90. The average Bonchev–Trinajstić information content (AvgIpc) is 3.26. The van der Waals surface area contributed by atoms with Gasteiger partial charge >= 0.3 is 11.9 Å². The number of carbonyl (C=O) groups is 2. The summed E-state index contributed by atoms with van der Waals surface area (Å²) in [4.78, 5) is 24.1. The van der Waals surface area contributed by atoms with E-state index >= 15 is 0 Å². The van der Waals surface area contributed by atoms with Crippen LogP contribution in [0.3, 0.4) is 0 Å². The molecule has 1 saturated carbocycles. The molecule has 1 aromatic carbocycles. The summed E-state index contributed by atoms with van der Waals surface area (Å²) in [6.07, 6.45) is 6.17. The molecule has 140 valence electrons. The molecule has 0 saturated heterocycles. The van der Waals surface area contributed by atoms with E-state index in [1.165, 1.54) is 0 Å². The molecule has 3 rings (SSSR count). The Morgan fingerprint density at radius 2 is 2.04 bits per heavy atom. The van der Waals surface area contributed by atoms with Crippen molar-refractivity contribution in [3.05, 3.63) is 34.1 Å². The molecule has 0 bridgehead atoms. The maximum atomic E-state index is 12.1. The van der Waals surface area contributed by atoms with E-state index in [9.17, 15) is 9.59 Å². The Kier molecular flexibility index (Phi) is 5.20. The first-order valence-corrected chi connectivity index (χ1v) is 8.97. The quantitative estimate of drug-likeness (QED) is 0.492. The lowest BCUT2D eigenvalue weighted by Gasteiger charge is -2.16. The van der Waals surface area contributed by atoms with Gasteiger partial charge in [-0.2, -0.15) is 0 Å². The summed E-state index contributed by atoms with van der Waals surface area (Å²) in [5.74, 6) is 0.618. The number of ether oxygens (including phenoxy) is 3. The summed E-state index contributed by atoms with van der Waals surface area (Å²) in [5.41, 5.74) is 9.37. The van der Waals surface area contributed by atoms with E-state index in [2.05, 4.69) is 0 Å². The van der Waals surface area contributed by atoms with Crippen LogP contribution < -0.4 is 10.5 Å². The third-order valence-electron chi connectivity index (χ3n) is 5.26. The van der Waals surface area contributed by atoms with Crippen LogP contribution in [0.15, 0.2) is 11.8 Å². The molecule has 1 fully saturated rings. The summed E-state index contributed by atoms with van der Waals surface area (Å²) < 4.78 is 16.1. The first kappa shape index (κ1) is 18.3. The van der Waals surface area contributed by atoms with Gasteiger partial charge in [-0.1, -0.05) is 12.8 Å². The highest BCUT2D eigenvalue weighted by atomic mass is 16.5. The Balaban J connectivity index is 1.83. The van der Waals surface area contributed by atoms with Crippen LogP contribution in [0, 0.1) is 12.8 Å². The molecule has 2 N–H and O–H groups in total. The van der Waals surface area contributed by atoms with Gasteiger partial charge in [0.1, 0.15) is 18.1 Å². The number of cyclic esters (lactones) is 1. The van der Waals surface area contributed by atoms with Gasteiger partial charge in [0.25, 0.3) is 0 Å². The maximum absolute atomic E-state index is 12.1. The fraction of sp³-hybridized carbons (Fsp3) is 0.500. The fourth-order valence-electron chi connectivity index (χ4n) is 3.78.